The molecule has 0 spiro atoms. The van der Waals surface area contributed by atoms with Crippen molar-refractivity contribution in [3.05, 3.63) is 97.1 Å². The Bertz CT molecular complexity index is 316. The summed E-state index contributed by atoms with van der Waals surface area (Å²) in [5.74, 6) is 0. The third kappa shape index (κ3) is 19.1. The first-order valence-corrected chi connectivity index (χ1v) is 6.24. The van der Waals surface area contributed by atoms with Gasteiger partial charge in [-0.1, -0.05) is 6.92 Å². The molecule has 0 aliphatic carbocycles. The van der Waals surface area contributed by atoms with Crippen molar-refractivity contribution in [1.82, 2.24) is 0 Å². The van der Waals surface area contributed by atoms with E-state index in [1.54, 1.807) is 6.92 Å². The maximum atomic E-state index is 8.93. The quantitative estimate of drug-likeness (QED) is 0.571. The van der Waals surface area contributed by atoms with Gasteiger partial charge >= 0.3 is 26.2 Å². The van der Waals surface area contributed by atoms with E-state index in [9.17, 15) is 0 Å². The fourth-order valence-corrected chi connectivity index (χ4v) is 0.983. The van der Waals surface area contributed by atoms with Crippen molar-refractivity contribution in [2.75, 3.05) is 6.61 Å². The predicted molar refractivity (Wildman–Crippen MR) is 79.9 cm³/mol. The van der Waals surface area contributed by atoms with Gasteiger partial charge in [-0.3, -0.25) is 0 Å². The second-order valence-corrected chi connectivity index (χ2v) is 3.29. The van der Waals surface area contributed by atoms with E-state index in [0.717, 1.165) is 0 Å². The Morgan fingerprint density at radius 3 is 1.20 bits per heavy atom. The Balaban J connectivity index is 0. The summed E-state index contributed by atoms with van der Waals surface area (Å²) in [7, 11) is 0. The van der Waals surface area contributed by atoms with Crippen LogP contribution in [-0.4, -0.2) is 6.61 Å². The molecule has 0 aliphatic rings. The molecule has 1 nitrogen and oxygen atoms in total. The van der Waals surface area contributed by atoms with E-state index in [0.29, 0.717) is 0 Å². The van der Waals surface area contributed by atoms with Gasteiger partial charge in [-0.15, -0.1) is 6.61 Å². The van der Waals surface area contributed by atoms with E-state index in [1.165, 1.54) is 0 Å². The molecule has 20 heavy (non-hydrogen) atoms. The van der Waals surface area contributed by atoms with E-state index in [2.05, 4.69) is 6.07 Å². The Morgan fingerprint density at radius 1 is 0.750 bits per heavy atom. The summed E-state index contributed by atoms with van der Waals surface area (Å²) in [6, 6.07) is 32.5. The first-order chi connectivity index (χ1) is 9.41. The zero-order chi connectivity index (χ0) is 14.0. The maximum absolute atomic E-state index is 8.93. The Hall–Kier alpha value is -1.24. The summed E-state index contributed by atoms with van der Waals surface area (Å²) < 4.78 is 0. The van der Waals surface area contributed by atoms with Crippen LogP contribution in [0.5, 0.6) is 0 Å². The van der Waals surface area contributed by atoms with Crippen LogP contribution in [0.2, 0.25) is 0 Å². The summed E-state index contributed by atoms with van der Waals surface area (Å²) in [6.07, 6.45) is 0. The molecule has 0 aliphatic heterocycles. The van der Waals surface area contributed by atoms with Gasteiger partial charge < -0.3 is 5.11 Å². The molecule has 0 aromatic heterocycles. The van der Waals surface area contributed by atoms with Crippen LogP contribution in [0.1, 0.15) is 6.92 Å². The van der Waals surface area contributed by atoms with E-state index in [1.807, 2.05) is 91.0 Å². The molecule has 3 aromatic rings. The molecular formula is C18H20OZr. The van der Waals surface area contributed by atoms with Gasteiger partial charge in [0.25, 0.3) is 0 Å². The largest absolute Gasteiger partial charge is 4.00 e. The average Bonchev–Trinajstić information content (AvgIpc) is 3.20. The smallest absolute Gasteiger partial charge is 0.855 e. The van der Waals surface area contributed by atoms with Crippen LogP contribution < -0.4 is 5.11 Å². The normalized spacial score (nSPS) is 7.30. The number of benzene rings is 1. The van der Waals surface area contributed by atoms with Crippen molar-refractivity contribution in [2.24, 2.45) is 0 Å². The predicted octanol–water partition coefficient (Wildman–Crippen LogP) is 3.66. The molecule has 0 unspecified atom stereocenters. The van der Waals surface area contributed by atoms with Gasteiger partial charge in [0.2, 0.25) is 0 Å². The number of hydrogen-bond acceptors (Lipinski definition) is 1. The second kappa shape index (κ2) is 20.1. The fraction of sp³-hybridized carbons (Fsp3) is 0.111. The molecule has 0 atom stereocenters. The second-order valence-electron chi connectivity index (χ2n) is 3.29. The topological polar surface area (TPSA) is 23.1 Å². The molecule has 0 amide bonds. The minimum atomic E-state index is 0. The molecule has 0 radical (unpaired) electrons. The Labute approximate surface area is 141 Å². The summed E-state index contributed by atoms with van der Waals surface area (Å²) in [5, 5.41) is 8.93. The van der Waals surface area contributed by atoms with E-state index in [4.69, 9.17) is 5.11 Å². The van der Waals surface area contributed by atoms with Crippen molar-refractivity contribution < 1.29 is 31.3 Å². The van der Waals surface area contributed by atoms with Crippen molar-refractivity contribution in [1.29, 1.82) is 0 Å². The van der Waals surface area contributed by atoms with Gasteiger partial charge in [0.1, 0.15) is 0 Å². The van der Waals surface area contributed by atoms with Gasteiger partial charge in [-0.05, 0) is 0 Å². The van der Waals surface area contributed by atoms with E-state index < -0.39 is 0 Å². The maximum Gasteiger partial charge on any atom is 4.00 e. The first-order valence-electron chi connectivity index (χ1n) is 6.24. The molecule has 0 saturated heterocycles. The van der Waals surface area contributed by atoms with Crippen molar-refractivity contribution in [3.63, 3.8) is 0 Å². The molecule has 2 heteroatoms. The molecule has 0 N–H and O–H groups in total. The summed E-state index contributed by atoms with van der Waals surface area (Å²) in [5.41, 5.74) is 0. The van der Waals surface area contributed by atoms with Crippen LogP contribution >= 0.6 is 0 Å². The molecule has 102 valence electrons. The molecule has 3 rings (SSSR count). The Kier molecular flexibility index (Phi) is 21.2. The van der Waals surface area contributed by atoms with Gasteiger partial charge in [0.15, 0.2) is 0 Å². The Morgan fingerprint density at radius 2 is 1.10 bits per heavy atom. The zero-order valence-electron chi connectivity index (χ0n) is 11.8. The zero-order valence-corrected chi connectivity index (χ0v) is 14.2. The van der Waals surface area contributed by atoms with Crippen LogP contribution in [0, 0.1) is 6.07 Å². The molecule has 0 heterocycles. The van der Waals surface area contributed by atoms with E-state index >= 15 is 0 Å². The SMILES string of the molecule is CC[O-].[Zr+4].[c-]1ccccc1.c1cc[cH-]c1.c1cc[cH-]c1. The summed E-state index contributed by atoms with van der Waals surface area (Å²) >= 11 is 0. The number of rotatable bonds is 0. The first kappa shape index (κ1) is 21.1. The van der Waals surface area contributed by atoms with Crippen LogP contribution in [0.3, 0.4) is 0 Å². The minimum absolute atomic E-state index is 0. The fourth-order valence-electron chi connectivity index (χ4n) is 0.983. The van der Waals surface area contributed by atoms with Gasteiger partial charge in [0.05, 0.1) is 0 Å². The summed E-state index contributed by atoms with van der Waals surface area (Å²) in [6.45, 7) is 1.57. The third-order valence-corrected chi connectivity index (χ3v) is 1.72. The van der Waals surface area contributed by atoms with Crippen LogP contribution in [0.15, 0.2) is 91.0 Å². The molecule has 0 fully saturated rings. The van der Waals surface area contributed by atoms with Crippen LogP contribution in [-0.2, 0) is 26.2 Å². The van der Waals surface area contributed by atoms with E-state index in [-0.39, 0.29) is 32.8 Å². The standard InChI is InChI=1S/C6H5.2C5H5.C2H5O.Zr/c1-2-4-6-5-3-1;2*1-2-4-5-3-1;1-2-3;/h1-5H;2*1-5H;2H2,1H3;/q4*-1;+4. The molecule has 3 aromatic carbocycles. The molecule has 0 bridgehead atoms. The minimum Gasteiger partial charge on any atom is -0.855 e. The van der Waals surface area contributed by atoms with Crippen molar-refractivity contribution in [3.8, 4) is 0 Å². The van der Waals surface area contributed by atoms with Gasteiger partial charge in [-0.25, -0.2) is 24.3 Å². The van der Waals surface area contributed by atoms with Crippen molar-refractivity contribution in [2.45, 2.75) is 6.92 Å². The summed E-state index contributed by atoms with van der Waals surface area (Å²) in [4.78, 5) is 0. The van der Waals surface area contributed by atoms with Gasteiger partial charge in [-0.2, -0.15) is 72.8 Å². The average molecular weight is 344 g/mol. The molecular weight excluding hydrogens is 323 g/mol. The van der Waals surface area contributed by atoms with Crippen LogP contribution in [0.4, 0.5) is 0 Å². The molecule has 0 saturated carbocycles. The number of hydrogen-bond donors (Lipinski definition) is 0. The third-order valence-electron chi connectivity index (χ3n) is 1.72. The van der Waals surface area contributed by atoms with Crippen LogP contribution in [0.25, 0.3) is 0 Å². The monoisotopic (exact) mass is 342 g/mol. The van der Waals surface area contributed by atoms with Crippen molar-refractivity contribution >= 4 is 0 Å². The van der Waals surface area contributed by atoms with Gasteiger partial charge in [0, 0.05) is 0 Å².